The van der Waals surface area contributed by atoms with Crippen LogP contribution in [0.1, 0.15) is 301 Å². The van der Waals surface area contributed by atoms with E-state index in [2.05, 4.69) is 339 Å². The SMILES string of the molecule is CC(C)(C)C1CCC2(CCCC2)CC1.CC(C)(C)c1ccccc1.CC(C)(C)c1ccccc1.CC(C)(C)c1ccncc1.Cc1cc(C#N)cc(C)c1C(C)(C)C.Cc1ccccc1C(C)(C)C.Cc1ccnc(C)c1C(C)(C)C.Cc1cncc(C)c1C(C)(C)C. The van der Waals surface area contributed by atoms with Gasteiger partial charge in [0.1, 0.15) is 0 Å². The van der Waals surface area contributed by atoms with Gasteiger partial charge in [0.2, 0.25) is 0 Å². The largest absolute Gasteiger partial charge is 0.265 e. The predicted molar refractivity (Wildman–Crippen MR) is 410 cm³/mol. The first-order chi connectivity index (χ1) is 42.6. The maximum absolute atomic E-state index is 8.83. The third-order valence-electron chi connectivity index (χ3n) is 18.3. The van der Waals surface area contributed by atoms with Gasteiger partial charge in [-0.15, -0.1) is 0 Å². The molecule has 0 atom stereocenters. The molecule has 0 amide bonds. The van der Waals surface area contributed by atoms with Crippen LogP contribution in [0.15, 0.2) is 146 Å². The van der Waals surface area contributed by atoms with Gasteiger partial charge in [0.15, 0.2) is 0 Å². The van der Waals surface area contributed by atoms with E-state index in [4.69, 9.17) is 5.26 Å². The number of aryl methyl sites for hydroxylation is 7. The van der Waals surface area contributed by atoms with Crippen LogP contribution in [0.5, 0.6) is 0 Å². The van der Waals surface area contributed by atoms with Crippen LogP contribution in [-0.2, 0) is 37.9 Å². The minimum atomic E-state index is 0.155. The standard InChI is InChI=1S/C14H26.C13H17N.2C11H17N.C11H16.2C10H14.C9H13N/c1-13(2,3)12-6-10-14(11-7-12)8-4-5-9-14;1-9-6-11(8-14)7-10(2)12(9)13(3,4)5;1-8-6-12-7-9(2)10(8)11(3,4)5;1-8-6-7-12-9(2)10(8)11(3,4)5;1-9-7-5-6-8-10(9)11(2,3)4;2*1-10(2,3)9-7-5-4-6-8-9;1-9(2,3)8-4-6-10-7-5-8/h12H,4-11H2,1-3H3;6-7H,1-5H3;2*6-7H,1-5H3;5-8H,1-4H3;2*4-8H,1-3H3;4-7H,1-3H3. The number of hydrogen-bond donors (Lipinski definition) is 0. The fraction of sp³-hybridized carbons (Fsp3) is 0.551. The van der Waals surface area contributed by atoms with Gasteiger partial charge in [-0.1, -0.05) is 264 Å². The van der Waals surface area contributed by atoms with Gasteiger partial charge in [-0.2, -0.15) is 5.26 Å². The highest BCUT2D eigenvalue weighted by Gasteiger charge is 2.40. The Hall–Kier alpha value is -6.18. The van der Waals surface area contributed by atoms with Crippen LogP contribution in [0.25, 0.3) is 0 Å². The number of aromatic nitrogens is 3. The van der Waals surface area contributed by atoms with E-state index < -0.39 is 0 Å². The molecule has 0 saturated heterocycles. The summed E-state index contributed by atoms with van der Waals surface area (Å²) in [5, 5.41) is 8.83. The van der Waals surface area contributed by atoms with Crippen LogP contribution in [-0.4, -0.2) is 15.0 Å². The van der Waals surface area contributed by atoms with E-state index in [1.807, 2.05) is 43.1 Å². The zero-order chi connectivity index (χ0) is 71.2. The smallest absolute Gasteiger partial charge is 0.0991 e. The molecule has 0 bridgehead atoms. The van der Waals surface area contributed by atoms with E-state index in [9.17, 15) is 0 Å². The first kappa shape index (κ1) is 82.9. The van der Waals surface area contributed by atoms with Crippen molar-refractivity contribution in [2.24, 2.45) is 16.7 Å². The Morgan fingerprint density at radius 2 is 0.742 bits per heavy atom. The monoisotopic (exact) mass is 1260 g/mol. The van der Waals surface area contributed by atoms with Crippen LogP contribution in [0, 0.1) is 76.5 Å². The second kappa shape index (κ2) is 35.5. The van der Waals surface area contributed by atoms with Gasteiger partial charge in [-0.25, -0.2) is 0 Å². The molecule has 0 radical (unpaired) electrons. The molecule has 2 fully saturated rings. The van der Waals surface area contributed by atoms with Crippen molar-refractivity contribution in [1.29, 1.82) is 5.26 Å². The van der Waals surface area contributed by atoms with Gasteiger partial charge in [0.25, 0.3) is 0 Å². The Morgan fingerprint density at radius 1 is 0.366 bits per heavy atom. The van der Waals surface area contributed by atoms with Crippen molar-refractivity contribution in [2.45, 2.75) is 304 Å². The fourth-order valence-corrected chi connectivity index (χ4v) is 13.8. The highest BCUT2D eigenvalue weighted by Crippen LogP contribution is 2.53. The molecule has 0 N–H and O–H groups in total. The van der Waals surface area contributed by atoms with E-state index in [-0.39, 0.29) is 27.1 Å². The summed E-state index contributed by atoms with van der Waals surface area (Å²) in [6.45, 7) is 68.7. The zero-order valence-electron chi connectivity index (χ0n) is 65.4. The van der Waals surface area contributed by atoms with Crippen molar-refractivity contribution < 1.29 is 0 Å². The minimum absolute atomic E-state index is 0.155. The summed E-state index contributed by atoms with van der Waals surface area (Å²) in [6, 6.07) is 42.0. The molecule has 2 saturated carbocycles. The van der Waals surface area contributed by atoms with Crippen molar-refractivity contribution in [2.75, 3.05) is 0 Å². The Balaban J connectivity index is 0.000000363. The van der Waals surface area contributed by atoms with Crippen molar-refractivity contribution in [3.05, 3.63) is 230 Å². The lowest BCUT2D eigenvalue weighted by molar-refractivity contribution is 0.0918. The molecule has 2 aliphatic rings. The van der Waals surface area contributed by atoms with Gasteiger partial charge >= 0.3 is 0 Å². The van der Waals surface area contributed by atoms with E-state index in [1.165, 1.54) is 111 Å². The van der Waals surface area contributed by atoms with E-state index in [0.717, 1.165) is 22.6 Å². The topological polar surface area (TPSA) is 62.5 Å². The Morgan fingerprint density at radius 3 is 1.03 bits per heavy atom. The average Bonchev–Trinajstić information content (AvgIpc) is 1.78. The summed E-state index contributed by atoms with van der Waals surface area (Å²) in [7, 11) is 0. The zero-order valence-corrected chi connectivity index (χ0v) is 65.4. The third-order valence-corrected chi connectivity index (χ3v) is 18.3. The minimum Gasteiger partial charge on any atom is -0.265 e. The van der Waals surface area contributed by atoms with Crippen molar-refractivity contribution in [3.8, 4) is 6.07 Å². The average molecular weight is 1260 g/mol. The van der Waals surface area contributed by atoms with Gasteiger partial charge in [-0.3, -0.25) is 15.0 Å². The molecule has 510 valence electrons. The van der Waals surface area contributed by atoms with Crippen LogP contribution < -0.4 is 0 Å². The summed E-state index contributed by atoms with van der Waals surface area (Å²) in [5.74, 6) is 0.994. The molecule has 3 heterocycles. The summed E-state index contributed by atoms with van der Waals surface area (Å²) in [5.41, 5.74) is 22.5. The van der Waals surface area contributed by atoms with Crippen molar-refractivity contribution >= 4 is 0 Å². The van der Waals surface area contributed by atoms with Gasteiger partial charge in [0.05, 0.1) is 11.6 Å². The molecule has 2 aliphatic carbocycles. The highest BCUT2D eigenvalue weighted by atomic mass is 14.7. The van der Waals surface area contributed by atoms with E-state index >= 15 is 0 Å². The molecule has 4 nitrogen and oxygen atoms in total. The summed E-state index contributed by atoms with van der Waals surface area (Å²) < 4.78 is 0. The first-order valence-electron chi connectivity index (χ1n) is 35.0. The molecule has 7 aromatic rings. The number of hydrogen-bond acceptors (Lipinski definition) is 4. The van der Waals surface area contributed by atoms with E-state index in [1.54, 1.807) is 12.8 Å². The van der Waals surface area contributed by atoms with E-state index in [0.29, 0.717) is 16.2 Å². The molecular formula is C89H134N4. The Kier molecular flexibility index (Phi) is 31.7. The number of nitriles is 1. The molecule has 0 unspecified atom stereocenters. The number of benzene rings is 4. The lowest BCUT2D eigenvalue weighted by Gasteiger charge is -2.42. The molecule has 93 heavy (non-hydrogen) atoms. The summed E-state index contributed by atoms with van der Waals surface area (Å²) in [4.78, 5) is 12.4. The summed E-state index contributed by atoms with van der Waals surface area (Å²) >= 11 is 0. The normalized spacial score (nSPS) is 14.1. The van der Waals surface area contributed by atoms with Crippen LogP contribution >= 0.6 is 0 Å². The number of nitrogens with zero attached hydrogens (tertiary/aromatic N) is 4. The van der Waals surface area contributed by atoms with Gasteiger partial charge < -0.3 is 0 Å². The Bertz CT molecular complexity index is 3060. The highest BCUT2D eigenvalue weighted by molar-refractivity contribution is 5.46. The van der Waals surface area contributed by atoms with Gasteiger partial charge in [-0.05, 0) is 244 Å². The molecule has 3 aromatic heterocycles. The van der Waals surface area contributed by atoms with Crippen molar-refractivity contribution in [1.82, 2.24) is 15.0 Å². The molecule has 9 rings (SSSR count). The number of pyridine rings is 3. The lowest BCUT2D eigenvalue weighted by atomic mass is 9.63. The molecule has 4 heteroatoms. The molecular weight excluding hydrogens is 1130 g/mol. The fourth-order valence-electron chi connectivity index (χ4n) is 13.8. The number of rotatable bonds is 0. The molecule has 0 aliphatic heterocycles. The van der Waals surface area contributed by atoms with Crippen LogP contribution in [0.4, 0.5) is 0 Å². The van der Waals surface area contributed by atoms with Crippen molar-refractivity contribution in [3.63, 3.8) is 0 Å². The second-order valence-corrected chi connectivity index (χ2v) is 35.2. The maximum atomic E-state index is 8.83. The maximum Gasteiger partial charge on any atom is 0.0991 e. The predicted octanol–water partition coefficient (Wildman–Crippen LogP) is 25.9. The Labute approximate surface area is 573 Å². The third kappa shape index (κ3) is 29.2. The van der Waals surface area contributed by atoms with Crippen LogP contribution in [0.2, 0.25) is 0 Å². The first-order valence-corrected chi connectivity index (χ1v) is 35.0. The molecule has 1 spiro atoms. The second-order valence-electron chi connectivity index (χ2n) is 35.2. The summed E-state index contributed by atoms with van der Waals surface area (Å²) in [6.07, 6.45) is 21.6. The lowest BCUT2D eigenvalue weighted by Crippen LogP contribution is -2.30. The van der Waals surface area contributed by atoms with Crippen LogP contribution in [0.3, 0.4) is 0 Å². The van der Waals surface area contributed by atoms with Gasteiger partial charge in [0, 0.05) is 36.7 Å². The quantitative estimate of drug-likeness (QED) is 0.152. The molecule has 4 aromatic carbocycles.